The van der Waals surface area contributed by atoms with Gasteiger partial charge in [-0.25, -0.2) is 0 Å². The summed E-state index contributed by atoms with van der Waals surface area (Å²) >= 11 is 0. The predicted octanol–water partition coefficient (Wildman–Crippen LogP) is 1.07. The molecule has 0 aliphatic heterocycles. The van der Waals surface area contributed by atoms with Gasteiger partial charge in [-0.2, -0.15) is 0 Å². The summed E-state index contributed by atoms with van der Waals surface area (Å²) in [6.45, 7) is 4.03. The molecule has 1 heterocycles. The molecule has 0 fully saturated rings. The van der Waals surface area contributed by atoms with E-state index in [4.69, 9.17) is 0 Å². The third kappa shape index (κ3) is 1.74. The van der Waals surface area contributed by atoms with Crippen molar-refractivity contribution in [1.82, 2.24) is 15.3 Å². The van der Waals surface area contributed by atoms with Crippen LogP contribution in [0.3, 0.4) is 0 Å². The zero-order valence-corrected chi connectivity index (χ0v) is 7.13. The quantitative estimate of drug-likeness (QED) is 0.687. The van der Waals surface area contributed by atoms with Crippen LogP contribution in [-0.4, -0.2) is 17.0 Å². The van der Waals surface area contributed by atoms with Crippen molar-refractivity contribution in [2.24, 2.45) is 0 Å². The molecule has 0 bridgehead atoms. The molecule has 3 heteroatoms. The number of nitrogens with zero attached hydrogens (tertiary/aromatic N) is 2. The van der Waals surface area contributed by atoms with E-state index in [-0.39, 0.29) is 6.04 Å². The molecule has 1 N–H and O–H groups in total. The van der Waals surface area contributed by atoms with Gasteiger partial charge in [0.1, 0.15) is 0 Å². The highest BCUT2D eigenvalue weighted by atomic mass is 14.9. The first-order valence-corrected chi connectivity index (χ1v) is 3.70. The highest BCUT2D eigenvalue weighted by molar-refractivity contribution is 5.11. The third-order valence-electron chi connectivity index (χ3n) is 1.76. The van der Waals surface area contributed by atoms with E-state index in [2.05, 4.69) is 22.2 Å². The minimum absolute atomic E-state index is 0.281. The van der Waals surface area contributed by atoms with E-state index in [1.54, 1.807) is 12.4 Å². The van der Waals surface area contributed by atoms with Gasteiger partial charge in [-0.3, -0.25) is 9.97 Å². The van der Waals surface area contributed by atoms with Crippen LogP contribution in [0.2, 0.25) is 0 Å². The third-order valence-corrected chi connectivity index (χ3v) is 1.76. The molecule has 0 amide bonds. The van der Waals surface area contributed by atoms with E-state index in [0.29, 0.717) is 0 Å². The van der Waals surface area contributed by atoms with Crippen LogP contribution >= 0.6 is 0 Å². The first kappa shape index (κ1) is 8.14. The summed E-state index contributed by atoms with van der Waals surface area (Å²) in [5.74, 6) is 0. The molecule has 60 valence electrons. The van der Waals surface area contributed by atoms with Gasteiger partial charge in [0.25, 0.3) is 0 Å². The van der Waals surface area contributed by atoms with Crippen LogP contribution in [0.5, 0.6) is 0 Å². The molecule has 1 unspecified atom stereocenters. The summed E-state index contributed by atoms with van der Waals surface area (Å²) in [6.07, 6.45) is 3.43. The Morgan fingerprint density at radius 3 is 2.55 bits per heavy atom. The molecule has 1 aromatic rings. The normalized spacial score (nSPS) is 13.0. The first-order valence-electron chi connectivity index (χ1n) is 3.70. The van der Waals surface area contributed by atoms with Gasteiger partial charge in [-0.1, -0.05) is 0 Å². The molecule has 1 atom stereocenters. The van der Waals surface area contributed by atoms with Gasteiger partial charge in [0.05, 0.1) is 11.4 Å². The monoisotopic (exact) mass is 151 g/mol. The fraction of sp³-hybridized carbons (Fsp3) is 0.500. The maximum absolute atomic E-state index is 4.22. The Labute approximate surface area is 66.9 Å². The van der Waals surface area contributed by atoms with E-state index in [9.17, 15) is 0 Å². The van der Waals surface area contributed by atoms with Gasteiger partial charge in [0.2, 0.25) is 0 Å². The molecule has 3 nitrogen and oxygen atoms in total. The van der Waals surface area contributed by atoms with Crippen LogP contribution < -0.4 is 5.32 Å². The Morgan fingerprint density at radius 2 is 2.00 bits per heavy atom. The molecule has 0 aliphatic rings. The fourth-order valence-corrected chi connectivity index (χ4v) is 0.980. The van der Waals surface area contributed by atoms with E-state index in [0.717, 1.165) is 11.4 Å². The smallest absolute Gasteiger partial charge is 0.0782 e. The molecule has 0 radical (unpaired) electrons. The maximum Gasteiger partial charge on any atom is 0.0782 e. The minimum Gasteiger partial charge on any atom is -0.312 e. The predicted molar refractivity (Wildman–Crippen MR) is 44.2 cm³/mol. The molecule has 0 spiro atoms. The standard InChI is InChI=1S/C8H13N3/c1-6(9-3)8-7(2)10-4-5-11-8/h4-6,9H,1-3H3. The SMILES string of the molecule is CNC(C)c1nccnc1C. The molecule has 0 saturated carbocycles. The zero-order valence-electron chi connectivity index (χ0n) is 7.13. The molecule has 0 aromatic carbocycles. The van der Waals surface area contributed by atoms with Gasteiger partial charge >= 0.3 is 0 Å². The summed E-state index contributed by atoms with van der Waals surface area (Å²) in [5.41, 5.74) is 2.02. The maximum atomic E-state index is 4.22. The number of nitrogens with one attached hydrogen (secondary N) is 1. The fourth-order valence-electron chi connectivity index (χ4n) is 0.980. The largest absolute Gasteiger partial charge is 0.312 e. The number of aromatic nitrogens is 2. The van der Waals surface area contributed by atoms with Crippen molar-refractivity contribution in [2.75, 3.05) is 7.05 Å². The lowest BCUT2D eigenvalue weighted by atomic mass is 10.2. The number of hydrogen-bond donors (Lipinski definition) is 1. The summed E-state index contributed by atoms with van der Waals surface area (Å²) < 4.78 is 0. The Kier molecular flexibility index (Phi) is 2.54. The van der Waals surface area contributed by atoms with Crippen molar-refractivity contribution in [1.29, 1.82) is 0 Å². The van der Waals surface area contributed by atoms with Crippen LogP contribution in [0.4, 0.5) is 0 Å². The van der Waals surface area contributed by atoms with Gasteiger partial charge in [0.15, 0.2) is 0 Å². The summed E-state index contributed by atoms with van der Waals surface area (Å²) in [6, 6.07) is 0.281. The van der Waals surface area contributed by atoms with Crippen molar-refractivity contribution in [2.45, 2.75) is 19.9 Å². The first-order chi connectivity index (χ1) is 5.25. The van der Waals surface area contributed by atoms with Gasteiger partial charge < -0.3 is 5.32 Å². The van der Waals surface area contributed by atoms with E-state index in [1.165, 1.54) is 0 Å². The average Bonchev–Trinajstić information content (AvgIpc) is 2.04. The second kappa shape index (κ2) is 3.44. The molecule has 11 heavy (non-hydrogen) atoms. The van der Waals surface area contributed by atoms with Gasteiger partial charge in [-0.05, 0) is 20.9 Å². The zero-order chi connectivity index (χ0) is 8.27. The van der Waals surface area contributed by atoms with Crippen LogP contribution in [0.1, 0.15) is 24.4 Å². The lowest BCUT2D eigenvalue weighted by Gasteiger charge is -2.10. The lowest BCUT2D eigenvalue weighted by Crippen LogP contribution is -2.15. The average molecular weight is 151 g/mol. The minimum atomic E-state index is 0.281. The van der Waals surface area contributed by atoms with Crippen molar-refractivity contribution < 1.29 is 0 Å². The Hall–Kier alpha value is -0.960. The summed E-state index contributed by atoms with van der Waals surface area (Å²) in [5, 5.41) is 3.12. The summed E-state index contributed by atoms with van der Waals surface area (Å²) in [4.78, 5) is 8.37. The Morgan fingerprint density at radius 1 is 1.36 bits per heavy atom. The van der Waals surface area contributed by atoms with E-state index >= 15 is 0 Å². The van der Waals surface area contributed by atoms with Crippen molar-refractivity contribution in [3.05, 3.63) is 23.8 Å². The van der Waals surface area contributed by atoms with Gasteiger partial charge in [0, 0.05) is 18.4 Å². The van der Waals surface area contributed by atoms with Gasteiger partial charge in [-0.15, -0.1) is 0 Å². The second-order valence-corrected chi connectivity index (χ2v) is 2.54. The van der Waals surface area contributed by atoms with Crippen LogP contribution in [-0.2, 0) is 0 Å². The number of hydrogen-bond acceptors (Lipinski definition) is 3. The molecule has 0 saturated heterocycles. The molecular formula is C8H13N3. The molecular weight excluding hydrogens is 138 g/mol. The highest BCUT2D eigenvalue weighted by Crippen LogP contribution is 2.09. The molecule has 1 aromatic heterocycles. The topological polar surface area (TPSA) is 37.8 Å². The lowest BCUT2D eigenvalue weighted by molar-refractivity contribution is 0.623. The van der Waals surface area contributed by atoms with Crippen LogP contribution in [0.15, 0.2) is 12.4 Å². The van der Waals surface area contributed by atoms with Crippen molar-refractivity contribution in [3.8, 4) is 0 Å². The number of rotatable bonds is 2. The highest BCUT2D eigenvalue weighted by Gasteiger charge is 2.06. The van der Waals surface area contributed by atoms with E-state index < -0.39 is 0 Å². The Balaban J connectivity index is 2.93. The van der Waals surface area contributed by atoms with E-state index in [1.807, 2.05) is 14.0 Å². The second-order valence-electron chi connectivity index (χ2n) is 2.54. The molecule has 0 aliphatic carbocycles. The summed E-state index contributed by atoms with van der Waals surface area (Å²) in [7, 11) is 1.92. The molecule has 1 rings (SSSR count). The Bertz CT molecular complexity index is 235. The van der Waals surface area contributed by atoms with Crippen molar-refractivity contribution in [3.63, 3.8) is 0 Å². The van der Waals surface area contributed by atoms with Crippen LogP contribution in [0.25, 0.3) is 0 Å². The number of aryl methyl sites for hydroxylation is 1. The van der Waals surface area contributed by atoms with Crippen LogP contribution in [0, 0.1) is 6.92 Å². The van der Waals surface area contributed by atoms with Crippen molar-refractivity contribution >= 4 is 0 Å².